The molecule has 2 aromatic carbocycles. The number of benzene rings is 2. The summed E-state index contributed by atoms with van der Waals surface area (Å²) in [6.07, 6.45) is -3.13. The molecular weight excluding hydrogens is 647 g/mol. The molecule has 4 heterocycles. The zero-order chi connectivity index (χ0) is 34.0. The van der Waals surface area contributed by atoms with Crippen LogP contribution in [-0.4, -0.2) is 81.4 Å². The van der Waals surface area contributed by atoms with Gasteiger partial charge in [0.15, 0.2) is 5.17 Å². The van der Waals surface area contributed by atoms with Gasteiger partial charge in [-0.1, -0.05) is 49.7 Å². The topological polar surface area (TPSA) is 59.5 Å². The van der Waals surface area contributed by atoms with E-state index in [1.807, 2.05) is 49.6 Å². The van der Waals surface area contributed by atoms with Crippen LogP contribution in [0.5, 0.6) is 0 Å². The summed E-state index contributed by atoms with van der Waals surface area (Å²) in [4.78, 5) is 42.2. The maximum Gasteiger partial charge on any atom is 0.416 e. The molecule has 0 N–H and O–H groups in total. The minimum atomic E-state index is -4.47. The van der Waals surface area contributed by atoms with Crippen LogP contribution in [0.2, 0.25) is 5.02 Å². The number of fused-ring (bicyclic) bond motifs is 1. The Morgan fingerprint density at radius 3 is 2.26 bits per heavy atom. The van der Waals surface area contributed by atoms with E-state index in [1.54, 1.807) is 17.0 Å². The molecule has 0 aromatic heterocycles. The molecule has 0 radical (unpaired) electrons. The van der Waals surface area contributed by atoms with Gasteiger partial charge in [0, 0.05) is 42.4 Å². The van der Waals surface area contributed by atoms with Gasteiger partial charge in [0.05, 0.1) is 11.6 Å². The molecule has 0 unspecified atom stereocenters. The number of likely N-dealkylation sites (N-methyl/N-ethyl adjacent to an activating group) is 1. The van der Waals surface area contributed by atoms with Crippen LogP contribution in [0.1, 0.15) is 70.2 Å². The lowest BCUT2D eigenvalue weighted by Gasteiger charge is -2.40. The predicted molar refractivity (Wildman–Crippen MR) is 180 cm³/mol. The van der Waals surface area contributed by atoms with Gasteiger partial charge in [-0.05, 0) is 93.7 Å². The molecule has 4 aliphatic heterocycles. The summed E-state index contributed by atoms with van der Waals surface area (Å²) in [5, 5.41) is 1.18. The average Bonchev–Trinajstić information content (AvgIpc) is 3.67. The van der Waals surface area contributed by atoms with Gasteiger partial charge in [-0.2, -0.15) is 13.2 Å². The number of amides is 2. The molecule has 0 aliphatic carbocycles. The van der Waals surface area contributed by atoms with E-state index in [1.165, 1.54) is 23.9 Å². The highest BCUT2D eigenvalue weighted by molar-refractivity contribution is 8.18. The monoisotopic (exact) mass is 687 g/mol. The van der Waals surface area contributed by atoms with Crippen molar-refractivity contribution in [1.82, 2.24) is 19.6 Å². The number of hydrogen-bond donors (Lipinski definition) is 0. The molecule has 0 spiro atoms. The molecule has 252 valence electrons. The number of hydrogen-bond acceptors (Lipinski definition) is 6. The first-order chi connectivity index (χ1) is 22.1. The van der Waals surface area contributed by atoms with Gasteiger partial charge in [0.2, 0.25) is 5.91 Å². The second kappa shape index (κ2) is 12.5. The molecule has 7 nitrogen and oxygen atoms in total. The molecule has 47 heavy (non-hydrogen) atoms. The zero-order valence-corrected chi connectivity index (χ0v) is 29.1. The molecule has 6 rings (SSSR count). The molecule has 2 saturated heterocycles. The Balaban J connectivity index is 1.40. The average molecular weight is 688 g/mol. The van der Waals surface area contributed by atoms with Crippen molar-refractivity contribution >= 4 is 40.3 Å². The number of piperazine rings is 1. The summed E-state index contributed by atoms with van der Waals surface area (Å²) >= 11 is 7.52. The van der Waals surface area contributed by atoms with Crippen LogP contribution in [0.15, 0.2) is 64.1 Å². The van der Waals surface area contributed by atoms with Crippen molar-refractivity contribution in [2.75, 3.05) is 26.7 Å². The Morgan fingerprint density at radius 2 is 1.66 bits per heavy atom. The Hall–Kier alpha value is -3.02. The third kappa shape index (κ3) is 5.97. The largest absolute Gasteiger partial charge is 0.416 e. The number of rotatable bonds is 5. The fourth-order valence-corrected chi connectivity index (χ4v) is 8.90. The number of nitrogens with zero attached hydrogens (tertiary/aromatic N) is 5. The number of likely N-dealkylation sites (tertiary alicyclic amines) is 1. The van der Waals surface area contributed by atoms with E-state index in [9.17, 15) is 22.8 Å². The number of thioether (sulfide) groups is 1. The molecule has 2 aromatic rings. The first kappa shape index (κ1) is 33.9. The van der Waals surface area contributed by atoms with Gasteiger partial charge in [-0.15, -0.1) is 0 Å². The smallest absolute Gasteiger partial charge is 0.338 e. The van der Waals surface area contributed by atoms with E-state index in [4.69, 9.17) is 16.6 Å². The van der Waals surface area contributed by atoms with Crippen molar-refractivity contribution in [3.05, 3.63) is 80.8 Å². The Kier molecular flexibility index (Phi) is 8.98. The third-order valence-corrected chi connectivity index (χ3v) is 11.5. The van der Waals surface area contributed by atoms with Crippen LogP contribution in [-0.2, 0) is 21.3 Å². The van der Waals surface area contributed by atoms with Gasteiger partial charge < -0.3 is 19.6 Å². The van der Waals surface area contributed by atoms with E-state index in [2.05, 4.69) is 18.9 Å². The Morgan fingerprint density at radius 1 is 1.00 bits per heavy atom. The van der Waals surface area contributed by atoms with Crippen LogP contribution in [0.3, 0.4) is 0 Å². The second-order valence-electron chi connectivity index (χ2n) is 13.7. The van der Waals surface area contributed by atoms with Gasteiger partial charge in [-0.25, -0.2) is 4.99 Å². The maximum absolute atomic E-state index is 14.6. The zero-order valence-electron chi connectivity index (χ0n) is 27.5. The lowest BCUT2D eigenvalue weighted by molar-refractivity contribution is -0.144. The number of halogens is 4. The number of aliphatic imine (C=N–C) groups is 1. The van der Waals surface area contributed by atoms with E-state index in [-0.39, 0.29) is 29.8 Å². The molecule has 2 fully saturated rings. The van der Waals surface area contributed by atoms with Gasteiger partial charge in [0.1, 0.15) is 16.5 Å². The number of allylic oxidation sites excluding steroid dienone is 1. The second-order valence-corrected chi connectivity index (χ2v) is 15.1. The van der Waals surface area contributed by atoms with Crippen molar-refractivity contribution in [2.24, 2.45) is 10.9 Å². The van der Waals surface area contributed by atoms with Crippen LogP contribution >= 0.6 is 23.4 Å². The van der Waals surface area contributed by atoms with Crippen molar-refractivity contribution in [3.8, 4) is 0 Å². The summed E-state index contributed by atoms with van der Waals surface area (Å²) in [5.74, 6) is -0.321. The molecule has 2 amide bonds. The normalized spacial score (nSPS) is 28.4. The predicted octanol–water partition coefficient (Wildman–Crippen LogP) is 7.14. The first-order valence-corrected chi connectivity index (χ1v) is 17.4. The summed E-state index contributed by atoms with van der Waals surface area (Å²) in [6.45, 7) is 12.1. The summed E-state index contributed by atoms with van der Waals surface area (Å²) in [6, 6.07) is 11.6. The van der Waals surface area contributed by atoms with Crippen LogP contribution in [0, 0.1) is 5.92 Å². The quantitative estimate of drug-likeness (QED) is 0.335. The Labute approximate surface area is 283 Å². The van der Waals surface area contributed by atoms with Crippen LogP contribution in [0.4, 0.5) is 13.2 Å². The van der Waals surface area contributed by atoms with Crippen molar-refractivity contribution < 1.29 is 22.8 Å². The van der Waals surface area contributed by atoms with Crippen molar-refractivity contribution in [1.29, 1.82) is 0 Å². The highest BCUT2D eigenvalue weighted by atomic mass is 35.5. The molecule has 12 heteroatoms. The number of amidine groups is 1. The summed E-state index contributed by atoms with van der Waals surface area (Å²) < 4.78 is 40.7. The third-order valence-electron chi connectivity index (χ3n) is 10.2. The standard InChI is InChI=1S/C35H41ClF3N5O2S/c1-20(2)28-29(32(46)43-21(3)7-16-27(43)31(45)42-18-17-41(6)22(4)19-42)47-33-40-34(5,24-12-14-26(36)15-13-24)30(44(28)33)23-8-10-25(11-9-23)35(37,38)39/h8-15,20-22,27,30H,7,16-19H2,1-6H3/t21-,22-,27+,30-,34+/m1/s1. The van der Waals surface area contributed by atoms with E-state index >= 15 is 0 Å². The molecule has 0 saturated carbocycles. The van der Waals surface area contributed by atoms with Gasteiger partial charge >= 0.3 is 6.18 Å². The van der Waals surface area contributed by atoms with Crippen molar-refractivity contribution in [3.63, 3.8) is 0 Å². The fraction of sp³-hybridized carbons (Fsp3) is 0.514. The van der Waals surface area contributed by atoms with Gasteiger partial charge in [-0.3, -0.25) is 9.59 Å². The Bertz CT molecular complexity index is 1610. The lowest BCUT2D eigenvalue weighted by Crippen LogP contribution is -2.57. The van der Waals surface area contributed by atoms with Crippen LogP contribution < -0.4 is 0 Å². The summed E-state index contributed by atoms with van der Waals surface area (Å²) in [5.41, 5.74) is 0.644. The number of carbonyl (C=O) groups is 2. The summed E-state index contributed by atoms with van der Waals surface area (Å²) in [7, 11) is 2.06. The SMILES string of the molecule is CC(C)C1=C(C(=O)N2[C@H](C)CC[C@H]2C(=O)N2CCN(C)[C@H](C)C2)SC2=N[C@@](C)(c3ccc(Cl)cc3)[C@@H](c3ccc(C(F)(F)F)cc3)N21. The highest BCUT2D eigenvalue weighted by Crippen LogP contribution is 2.56. The first-order valence-electron chi connectivity index (χ1n) is 16.2. The molecule has 5 atom stereocenters. The van der Waals surface area contributed by atoms with E-state index in [0.717, 1.165) is 36.4 Å². The lowest BCUT2D eigenvalue weighted by atomic mass is 9.81. The highest BCUT2D eigenvalue weighted by Gasteiger charge is 2.54. The number of carbonyl (C=O) groups excluding carboxylic acids is 2. The molecular formula is C35H41ClF3N5O2S. The molecule has 0 bridgehead atoms. The van der Waals surface area contributed by atoms with Crippen molar-refractivity contribution in [2.45, 2.75) is 83.3 Å². The minimum Gasteiger partial charge on any atom is -0.338 e. The molecule has 4 aliphatic rings. The number of alkyl halides is 3. The van der Waals surface area contributed by atoms with E-state index < -0.39 is 29.4 Å². The van der Waals surface area contributed by atoms with Crippen LogP contribution in [0.25, 0.3) is 0 Å². The minimum absolute atomic E-state index is 0.00636. The van der Waals surface area contributed by atoms with E-state index in [0.29, 0.717) is 40.2 Å². The van der Waals surface area contributed by atoms with Gasteiger partial charge in [0.25, 0.3) is 5.91 Å². The maximum atomic E-state index is 14.6. The fourth-order valence-electron chi connectivity index (χ4n) is 7.42.